The number of halogens is 6. The molecule has 6 nitrogen and oxygen atoms in total. The van der Waals surface area contributed by atoms with Crippen LogP contribution in [-0.4, -0.2) is 37.2 Å². The minimum Gasteiger partial charge on any atom is -0.465 e. The predicted molar refractivity (Wildman–Crippen MR) is 73.6 cm³/mol. The number of esters is 2. The number of hydrogen-bond acceptors (Lipinski definition) is 6. The molecule has 0 aromatic carbocycles. The Morgan fingerprint density at radius 3 is 1.58 bits per heavy atom. The lowest BCUT2D eigenvalue weighted by Crippen LogP contribution is -2.27. The predicted octanol–water partition coefficient (Wildman–Crippen LogP) is 3.27. The number of carbonyl (C=O) groups is 2. The van der Waals surface area contributed by atoms with Gasteiger partial charge in [-0.15, -0.1) is 0 Å². The molecule has 0 spiro atoms. The first-order valence-corrected chi connectivity index (χ1v) is 7.07. The lowest BCUT2D eigenvalue weighted by Gasteiger charge is -2.22. The molecule has 1 fully saturated rings. The smallest absolute Gasteiger partial charge is 0.434 e. The highest BCUT2D eigenvalue weighted by atomic mass is 19.4. The number of methoxy groups -OCH3 is 2. The minimum atomic E-state index is -5.40. The van der Waals surface area contributed by atoms with Crippen molar-refractivity contribution in [3.63, 3.8) is 0 Å². The Balaban J connectivity index is 2.95. The number of aromatic nitrogens is 1. The molecule has 2 rings (SSSR count). The zero-order valence-electron chi connectivity index (χ0n) is 13.3. The minimum absolute atomic E-state index is 0.437. The van der Waals surface area contributed by atoms with E-state index in [9.17, 15) is 35.9 Å². The van der Waals surface area contributed by atoms with Crippen LogP contribution in [-0.2, 0) is 21.8 Å². The first-order chi connectivity index (χ1) is 11.9. The Kier molecular flexibility index (Phi) is 5.06. The van der Waals surface area contributed by atoms with E-state index in [-0.39, 0.29) is 0 Å². The van der Waals surface area contributed by atoms with E-state index < -0.39 is 58.5 Å². The third kappa shape index (κ3) is 3.83. The number of pyridine rings is 1. The third-order valence-corrected chi connectivity index (χ3v) is 3.44. The van der Waals surface area contributed by atoms with Crippen molar-refractivity contribution in [1.29, 1.82) is 0 Å². The molecule has 1 aliphatic carbocycles. The summed E-state index contributed by atoms with van der Waals surface area (Å²) in [4.78, 5) is 26.3. The van der Waals surface area contributed by atoms with Gasteiger partial charge in [0.15, 0.2) is 11.4 Å². The number of anilines is 1. The van der Waals surface area contributed by atoms with Crippen molar-refractivity contribution in [3.8, 4) is 0 Å². The van der Waals surface area contributed by atoms with Gasteiger partial charge in [0.2, 0.25) is 0 Å². The van der Waals surface area contributed by atoms with Gasteiger partial charge in [-0.2, -0.15) is 26.3 Å². The average Bonchev–Trinajstić information content (AvgIpc) is 3.34. The Labute approximate surface area is 142 Å². The Hall–Kier alpha value is -2.53. The zero-order chi connectivity index (χ0) is 19.9. The standard InChI is InChI=1S/C14H12F6N2O4/c1-25-11(23)6-8(21-5-3-4-5)7(12(24)26-2)10(14(18,19)20)22-9(6)13(15,16)17/h5H,3-4H2,1-2H3,(H,21,22). The fourth-order valence-corrected chi connectivity index (χ4v) is 2.17. The molecular weight excluding hydrogens is 374 g/mol. The molecule has 0 aliphatic heterocycles. The molecule has 1 heterocycles. The van der Waals surface area contributed by atoms with Crippen LogP contribution in [0.25, 0.3) is 0 Å². The van der Waals surface area contributed by atoms with Crippen LogP contribution in [0.2, 0.25) is 0 Å². The molecule has 1 aromatic rings. The van der Waals surface area contributed by atoms with Crippen LogP contribution in [0.3, 0.4) is 0 Å². The van der Waals surface area contributed by atoms with E-state index in [1.807, 2.05) is 0 Å². The molecule has 0 atom stereocenters. The zero-order valence-corrected chi connectivity index (χ0v) is 13.3. The van der Waals surface area contributed by atoms with Crippen LogP contribution in [0.1, 0.15) is 44.9 Å². The fraction of sp³-hybridized carbons (Fsp3) is 0.500. The normalized spacial score (nSPS) is 14.8. The van der Waals surface area contributed by atoms with Gasteiger partial charge in [-0.1, -0.05) is 0 Å². The number of rotatable bonds is 4. The van der Waals surface area contributed by atoms with Gasteiger partial charge >= 0.3 is 24.3 Å². The second kappa shape index (κ2) is 6.65. The molecule has 0 unspecified atom stereocenters. The Morgan fingerprint density at radius 1 is 0.923 bits per heavy atom. The van der Waals surface area contributed by atoms with Crippen LogP contribution in [0.5, 0.6) is 0 Å². The summed E-state index contributed by atoms with van der Waals surface area (Å²) < 4.78 is 88.2. The van der Waals surface area contributed by atoms with Gasteiger partial charge in [0.05, 0.1) is 19.9 Å². The van der Waals surface area contributed by atoms with E-state index in [1.54, 1.807) is 0 Å². The van der Waals surface area contributed by atoms with Gasteiger partial charge in [0.1, 0.15) is 11.1 Å². The van der Waals surface area contributed by atoms with E-state index in [0.717, 1.165) is 14.2 Å². The summed E-state index contributed by atoms with van der Waals surface area (Å²) in [5.41, 5.74) is -7.78. The van der Waals surface area contributed by atoms with Crippen molar-refractivity contribution >= 4 is 17.6 Å². The first-order valence-electron chi connectivity index (χ1n) is 7.07. The monoisotopic (exact) mass is 386 g/mol. The highest BCUT2D eigenvalue weighted by Gasteiger charge is 2.48. The number of alkyl halides is 6. The van der Waals surface area contributed by atoms with Crippen LogP contribution in [0, 0.1) is 0 Å². The SMILES string of the molecule is COC(=O)c1c(C(F)(F)F)nc(C(F)(F)F)c(C(=O)OC)c1NC1CC1. The molecule has 0 saturated heterocycles. The maximum Gasteiger partial charge on any atom is 0.434 e. The number of nitrogens with zero attached hydrogens (tertiary/aromatic N) is 1. The summed E-state index contributed by atoms with van der Waals surface area (Å²) in [7, 11) is 1.50. The van der Waals surface area contributed by atoms with Crippen LogP contribution >= 0.6 is 0 Å². The molecular formula is C14H12F6N2O4. The third-order valence-electron chi connectivity index (χ3n) is 3.44. The summed E-state index contributed by atoms with van der Waals surface area (Å²) >= 11 is 0. The summed E-state index contributed by atoms with van der Waals surface area (Å²) in [5, 5.41) is 2.37. The topological polar surface area (TPSA) is 77.5 Å². The van der Waals surface area contributed by atoms with E-state index in [2.05, 4.69) is 19.8 Å². The second-order valence-electron chi connectivity index (χ2n) is 5.33. The molecule has 1 aliphatic rings. The summed E-state index contributed by atoms with van der Waals surface area (Å²) in [6, 6.07) is -0.494. The molecule has 1 N–H and O–H groups in total. The molecule has 1 aromatic heterocycles. The van der Waals surface area contributed by atoms with E-state index in [0.29, 0.717) is 12.8 Å². The van der Waals surface area contributed by atoms with Gasteiger partial charge in [-0.3, -0.25) is 0 Å². The van der Waals surface area contributed by atoms with Gasteiger partial charge < -0.3 is 14.8 Å². The highest BCUT2D eigenvalue weighted by molar-refractivity contribution is 6.06. The molecule has 0 radical (unpaired) electrons. The molecule has 12 heteroatoms. The summed E-state index contributed by atoms with van der Waals surface area (Å²) in [6.07, 6.45) is -9.94. The summed E-state index contributed by atoms with van der Waals surface area (Å²) in [6.45, 7) is 0. The van der Waals surface area contributed by atoms with Gasteiger partial charge in [-0.25, -0.2) is 14.6 Å². The van der Waals surface area contributed by atoms with Crippen molar-refractivity contribution < 1.29 is 45.4 Å². The Bertz CT molecular complexity index is 688. The molecule has 26 heavy (non-hydrogen) atoms. The number of ether oxygens (including phenoxy) is 2. The van der Waals surface area contributed by atoms with E-state index in [1.165, 1.54) is 0 Å². The van der Waals surface area contributed by atoms with Gasteiger partial charge in [0, 0.05) is 6.04 Å². The highest BCUT2D eigenvalue weighted by Crippen LogP contribution is 2.43. The lowest BCUT2D eigenvalue weighted by molar-refractivity contribution is -0.150. The molecule has 1 saturated carbocycles. The van der Waals surface area contributed by atoms with Crippen LogP contribution in [0.15, 0.2) is 0 Å². The van der Waals surface area contributed by atoms with Crippen molar-refractivity contribution in [2.45, 2.75) is 31.2 Å². The number of carbonyl (C=O) groups excluding carboxylic acids is 2. The van der Waals surface area contributed by atoms with Gasteiger partial charge in [-0.05, 0) is 12.8 Å². The Morgan fingerprint density at radius 2 is 1.31 bits per heavy atom. The quantitative estimate of drug-likeness (QED) is 0.632. The number of nitrogens with one attached hydrogen (secondary N) is 1. The van der Waals surface area contributed by atoms with Crippen molar-refractivity contribution in [3.05, 3.63) is 22.5 Å². The van der Waals surface area contributed by atoms with E-state index in [4.69, 9.17) is 0 Å². The van der Waals surface area contributed by atoms with Crippen LogP contribution < -0.4 is 5.32 Å². The molecule has 0 amide bonds. The van der Waals surface area contributed by atoms with Crippen molar-refractivity contribution in [2.75, 3.05) is 19.5 Å². The molecule has 144 valence electrons. The molecule has 0 bridgehead atoms. The fourth-order valence-electron chi connectivity index (χ4n) is 2.17. The average molecular weight is 386 g/mol. The van der Waals surface area contributed by atoms with Gasteiger partial charge in [0.25, 0.3) is 0 Å². The number of hydrogen-bond donors (Lipinski definition) is 1. The largest absolute Gasteiger partial charge is 0.465 e. The maximum absolute atomic E-state index is 13.3. The first kappa shape index (κ1) is 19.8. The second-order valence-corrected chi connectivity index (χ2v) is 5.33. The maximum atomic E-state index is 13.3. The van der Waals surface area contributed by atoms with E-state index >= 15 is 0 Å². The van der Waals surface area contributed by atoms with Crippen molar-refractivity contribution in [2.24, 2.45) is 0 Å². The summed E-state index contributed by atoms with van der Waals surface area (Å²) in [5.74, 6) is -3.18. The van der Waals surface area contributed by atoms with Crippen LogP contribution in [0.4, 0.5) is 32.0 Å². The lowest BCUT2D eigenvalue weighted by atomic mass is 10.0. The van der Waals surface area contributed by atoms with Crippen molar-refractivity contribution in [1.82, 2.24) is 4.98 Å².